The molecule has 4 rings (SSSR count). The van der Waals surface area contributed by atoms with E-state index in [1.165, 1.54) is 16.7 Å². The van der Waals surface area contributed by atoms with Crippen LogP contribution in [0.4, 0.5) is 5.69 Å². The van der Waals surface area contributed by atoms with Gasteiger partial charge in [-0.1, -0.05) is 54.6 Å². The molecule has 2 aromatic rings. The molecule has 128 valence electrons. The topological polar surface area (TPSA) is 23.6 Å². The molecule has 0 aromatic heterocycles. The van der Waals surface area contributed by atoms with Crippen LogP contribution in [0.1, 0.15) is 35.6 Å². The fourth-order valence-electron chi connectivity index (χ4n) is 3.83. The molecule has 1 unspecified atom stereocenters. The summed E-state index contributed by atoms with van der Waals surface area (Å²) in [5.41, 5.74) is 4.79. The molecule has 2 heterocycles. The maximum Gasteiger partial charge on any atom is 0.242 e. The van der Waals surface area contributed by atoms with Crippen molar-refractivity contribution in [2.45, 2.75) is 25.8 Å². The van der Waals surface area contributed by atoms with Gasteiger partial charge in [0.15, 0.2) is 0 Å². The fraction of sp³-hybridized carbons (Fsp3) is 0.318. The Morgan fingerprint density at radius 1 is 1.08 bits per heavy atom. The van der Waals surface area contributed by atoms with Gasteiger partial charge in [-0.3, -0.25) is 4.79 Å². The van der Waals surface area contributed by atoms with Gasteiger partial charge in [-0.05, 0) is 42.5 Å². The second-order valence-electron chi connectivity index (χ2n) is 6.99. The lowest BCUT2D eigenvalue weighted by atomic mass is 9.96. The van der Waals surface area contributed by atoms with E-state index in [0.717, 1.165) is 31.6 Å². The van der Waals surface area contributed by atoms with Crippen LogP contribution >= 0.6 is 0 Å². The summed E-state index contributed by atoms with van der Waals surface area (Å²) in [6, 6.07) is 17.0. The highest BCUT2D eigenvalue weighted by Gasteiger charge is 2.28. The number of hydrogen-bond acceptors (Lipinski definition) is 2. The van der Waals surface area contributed by atoms with Gasteiger partial charge in [0.05, 0.1) is 12.6 Å². The Morgan fingerprint density at radius 2 is 1.84 bits per heavy atom. The number of carbonyl (C=O) groups is 1. The van der Waals surface area contributed by atoms with Gasteiger partial charge in [0.1, 0.15) is 0 Å². The number of fused-ring (bicyclic) bond motifs is 1. The van der Waals surface area contributed by atoms with Crippen molar-refractivity contribution in [1.29, 1.82) is 0 Å². The van der Waals surface area contributed by atoms with Crippen LogP contribution in [0.2, 0.25) is 0 Å². The van der Waals surface area contributed by atoms with Gasteiger partial charge < -0.3 is 9.80 Å². The van der Waals surface area contributed by atoms with Crippen LogP contribution in [-0.4, -0.2) is 30.4 Å². The Labute approximate surface area is 149 Å². The van der Waals surface area contributed by atoms with Gasteiger partial charge in [0.2, 0.25) is 5.91 Å². The number of likely N-dealkylation sites (tertiary alicyclic amines) is 1. The molecule has 3 nitrogen and oxygen atoms in total. The molecule has 25 heavy (non-hydrogen) atoms. The summed E-state index contributed by atoms with van der Waals surface area (Å²) in [6.45, 7) is 4.34. The van der Waals surface area contributed by atoms with Crippen molar-refractivity contribution >= 4 is 17.7 Å². The monoisotopic (exact) mass is 332 g/mol. The SMILES string of the molecule is Cc1ccc2c(c1)N(CC(=O)N1CCCC1)C(c1ccccc1)C=C2. The predicted molar refractivity (Wildman–Crippen MR) is 103 cm³/mol. The first kappa shape index (κ1) is 15.9. The average molecular weight is 332 g/mol. The molecular formula is C22H24N2O. The first-order valence-electron chi connectivity index (χ1n) is 9.10. The summed E-state index contributed by atoms with van der Waals surface area (Å²) in [5.74, 6) is 0.237. The third-order valence-electron chi connectivity index (χ3n) is 5.19. The first-order valence-corrected chi connectivity index (χ1v) is 9.10. The molecule has 2 aromatic carbocycles. The predicted octanol–water partition coefficient (Wildman–Crippen LogP) is 4.19. The lowest BCUT2D eigenvalue weighted by molar-refractivity contribution is -0.128. The molecule has 3 heteroatoms. The Hall–Kier alpha value is -2.55. The number of carbonyl (C=O) groups excluding carboxylic acids is 1. The molecule has 2 aliphatic rings. The molecule has 1 fully saturated rings. The zero-order chi connectivity index (χ0) is 17.2. The Balaban J connectivity index is 1.70. The number of rotatable bonds is 3. The molecule has 2 aliphatic heterocycles. The van der Waals surface area contributed by atoms with Crippen molar-refractivity contribution in [2.24, 2.45) is 0 Å². The van der Waals surface area contributed by atoms with E-state index in [9.17, 15) is 4.79 Å². The molecule has 0 bridgehead atoms. The second-order valence-corrected chi connectivity index (χ2v) is 6.99. The van der Waals surface area contributed by atoms with Gasteiger partial charge in [-0.2, -0.15) is 0 Å². The lowest BCUT2D eigenvalue weighted by Crippen LogP contribution is -2.41. The van der Waals surface area contributed by atoms with E-state index in [1.807, 2.05) is 11.0 Å². The Bertz CT molecular complexity index is 791. The quantitative estimate of drug-likeness (QED) is 0.841. The zero-order valence-corrected chi connectivity index (χ0v) is 14.7. The number of benzene rings is 2. The molecule has 1 saturated heterocycles. The first-order chi connectivity index (χ1) is 12.2. The van der Waals surface area contributed by atoms with Crippen molar-refractivity contribution in [3.05, 3.63) is 71.3 Å². The normalized spacial score (nSPS) is 19.2. The molecule has 0 aliphatic carbocycles. The second kappa shape index (κ2) is 6.75. The van der Waals surface area contributed by atoms with Crippen LogP contribution in [0, 0.1) is 6.92 Å². The van der Waals surface area contributed by atoms with Gasteiger partial charge in [0.25, 0.3) is 0 Å². The summed E-state index contributed by atoms with van der Waals surface area (Å²) in [6.07, 6.45) is 6.65. The number of anilines is 1. The van der Waals surface area contributed by atoms with Crippen molar-refractivity contribution in [2.75, 3.05) is 24.5 Å². The fourth-order valence-corrected chi connectivity index (χ4v) is 3.83. The molecular weight excluding hydrogens is 308 g/mol. The van der Waals surface area contributed by atoms with Gasteiger partial charge in [-0.15, -0.1) is 0 Å². The van der Waals surface area contributed by atoms with Crippen LogP contribution < -0.4 is 4.90 Å². The van der Waals surface area contributed by atoms with Crippen LogP contribution in [0.5, 0.6) is 0 Å². The molecule has 0 radical (unpaired) electrons. The van der Waals surface area contributed by atoms with Crippen LogP contribution in [0.3, 0.4) is 0 Å². The van der Waals surface area contributed by atoms with E-state index in [2.05, 4.69) is 66.4 Å². The zero-order valence-electron chi connectivity index (χ0n) is 14.7. The van der Waals surface area contributed by atoms with Gasteiger partial charge in [0, 0.05) is 18.8 Å². The standard InChI is InChI=1S/C22H24N2O/c1-17-9-10-19-11-12-20(18-7-3-2-4-8-18)24(21(19)15-17)16-22(25)23-13-5-6-14-23/h2-4,7-12,15,20H,5-6,13-14,16H2,1H3. The van der Waals surface area contributed by atoms with E-state index in [0.29, 0.717) is 6.54 Å². The highest BCUT2D eigenvalue weighted by molar-refractivity contribution is 5.85. The van der Waals surface area contributed by atoms with E-state index in [-0.39, 0.29) is 11.9 Å². The van der Waals surface area contributed by atoms with E-state index >= 15 is 0 Å². The van der Waals surface area contributed by atoms with E-state index in [1.54, 1.807) is 0 Å². The minimum atomic E-state index is 0.0991. The molecule has 0 saturated carbocycles. The lowest BCUT2D eigenvalue weighted by Gasteiger charge is -2.36. The smallest absolute Gasteiger partial charge is 0.242 e. The largest absolute Gasteiger partial charge is 0.351 e. The van der Waals surface area contributed by atoms with Crippen LogP contribution in [0.15, 0.2) is 54.6 Å². The number of aryl methyl sites for hydroxylation is 1. The Morgan fingerprint density at radius 3 is 2.60 bits per heavy atom. The average Bonchev–Trinajstić information content (AvgIpc) is 3.18. The summed E-state index contributed by atoms with van der Waals surface area (Å²) >= 11 is 0. The minimum absolute atomic E-state index is 0.0991. The maximum absolute atomic E-state index is 12.8. The third-order valence-corrected chi connectivity index (χ3v) is 5.19. The van der Waals surface area contributed by atoms with Crippen LogP contribution in [0.25, 0.3) is 6.08 Å². The number of nitrogens with zero attached hydrogens (tertiary/aromatic N) is 2. The summed E-state index contributed by atoms with van der Waals surface area (Å²) < 4.78 is 0. The molecule has 0 spiro atoms. The summed E-state index contributed by atoms with van der Waals surface area (Å²) in [7, 11) is 0. The Kier molecular flexibility index (Phi) is 4.31. The number of amides is 1. The van der Waals surface area contributed by atoms with Crippen molar-refractivity contribution in [1.82, 2.24) is 4.90 Å². The van der Waals surface area contributed by atoms with E-state index in [4.69, 9.17) is 0 Å². The third kappa shape index (κ3) is 3.19. The van der Waals surface area contributed by atoms with Gasteiger partial charge in [-0.25, -0.2) is 0 Å². The van der Waals surface area contributed by atoms with E-state index < -0.39 is 0 Å². The highest BCUT2D eigenvalue weighted by Crippen LogP contribution is 2.37. The summed E-state index contributed by atoms with van der Waals surface area (Å²) in [4.78, 5) is 17.1. The van der Waals surface area contributed by atoms with Crippen molar-refractivity contribution in [3.8, 4) is 0 Å². The number of hydrogen-bond donors (Lipinski definition) is 0. The van der Waals surface area contributed by atoms with Gasteiger partial charge >= 0.3 is 0 Å². The molecule has 1 atom stereocenters. The van der Waals surface area contributed by atoms with Crippen LogP contribution in [-0.2, 0) is 4.79 Å². The minimum Gasteiger partial charge on any atom is -0.351 e. The molecule has 0 N–H and O–H groups in total. The molecule has 1 amide bonds. The summed E-state index contributed by atoms with van der Waals surface area (Å²) in [5, 5.41) is 0. The van der Waals surface area contributed by atoms with Crippen molar-refractivity contribution < 1.29 is 4.79 Å². The maximum atomic E-state index is 12.8. The highest BCUT2D eigenvalue weighted by atomic mass is 16.2. The van der Waals surface area contributed by atoms with Crippen molar-refractivity contribution in [3.63, 3.8) is 0 Å².